The summed E-state index contributed by atoms with van der Waals surface area (Å²) in [7, 11) is -3.79. The fourth-order valence-corrected chi connectivity index (χ4v) is 3.56. The summed E-state index contributed by atoms with van der Waals surface area (Å²) in [5.41, 5.74) is 0.949. The number of aliphatic carboxylic acids is 1. The first-order valence-electron chi connectivity index (χ1n) is 7.15. The molecule has 0 unspecified atom stereocenters. The molecular weight excluding hydrogens is 336 g/mol. The number of carbonyl (C=O) groups is 1. The fraction of sp³-hybridized carbons (Fsp3) is 0.467. The van der Waals surface area contributed by atoms with E-state index >= 15 is 0 Å². The van der Waals surface area contributed by atoms with Crippen LogP contribution in [0.15, 0.2) is 34.2 Å². The molecule has 0 fully saturated rings. The summed E-state index contributed by atoms with van der Waals surface area (Å²) in [5.74, 6) is -1.26. The van der Waals surface area contributed by atoms with Crippen LogP contribution in [0.5, 0.6) is 0 Å². The van der Waals surface area contributed by atoms with Gasteiger partial charge in [-0.05, 0) is 31.2 Å². The van der Waals surface area contributed by atoms with E-state index in [1.807, 2.05) is 13.8 Å². The minimum atomic E-state index is -3.79. The lowest BCUT2D eigenvalue weighted by Crippen LogP contribution is -2.33. The molecule has 0 aliphatic rings. The number of carboxylic acid groups (broad SMARTS) is 1. The molecule has 128 valence electrons. The number of aryl methyl sites for hydroxylation is 1. The number of sulfonamides is 1. The van der Waals surface area contributed by atoms with Crippen molar-refractivity contribution in [2.45, 2.75) is 38.1 Å². The Morgan fingerprint density at radius 2 is 1.91 bits per heavy atom. The summed E-state index contributed by atoms with van der Waals surface area (Å²) in [6.45, 7) is 5.50. The molecule has 0 aliphatic heterocycles. The average molecular weight is 358 g/mol. The average Bonchev–Trinajstić information content (AvgIpc) is 2.50. The van der Waals surface area contributed by atoms with Crippen LogP contribution < -0.4 is 4.72 Å². The van der Waals surface area contributed by atoms with E-state index in [1.54, 1.807) is 25.3 Å². The largest absolute Gasteiger partial charge is 0.480 e. The molecular formula is C15H22N2O4S2. The minimum absolute atomic E-state index is 0.0678. The van der Waals surface area contributed by atoms with E-state index in [2.05, 4.69) is 9.71 Å². The molecule has 0 heterocycles. The zero-order valence-electron chi connectivity index (χ0n) is 13.6. The van der Waals surface area contributed by atoms with Gasteiger partial charge in [-0.3, -0.25) is 4.72 Å². The molecule has 1 rings (SSSR count). The minimum Gasteiger partial charge on any atom is -0.480 e. The second kappa shape index (κ2) is 8.35. The van der Waals surface area contributed by atoms with Crippen molar-refractivity contribution >= 4 is 32.9 Å². The normalized spacial score (nSPS) is 15.0. The van der Waals surface area contributed by atoms with Gasteiger partial charge in [-0.1, -0.05) is 49.7 Å². The Labute approximate surface area is 141 Å². The quantitative estimate of drug-likeness (QED) is 0.602. The van der Waals surface area contributed by atoms with Crippen LogP contribution in [-0.2, 0) is 14.8 Å². The number of amidine groups is 1. The first-order valence-corrected chi connectivity index (χ1v) is 9.86. The Morgan fingerprint density at radius 3 is 2.35 bits per heavy atom. The zero-order chi connectivity index (χ0) is 17.6. The second-order valence-corrected chi connectivity index (χ2v) is 7.70. The highest BCUT2D eigenvalue weighted by molar-refractivity contribution is 8.14. The Hall–Kier alpha value is -1.54. The Bertz CT molecular complexity index is 669. The molecule has 1 aromatic carbocycles. The Kier molecular flexibility index (Phi) is 7.08. The molecule has 0 radical (unpaired) electrons. The molecule has 0 saturated heterocycles. The molecule has 0 aliphatic carbocycles. The van der Waals surface area contributed by atoms with Gasteiger partial charge in [-0.2, -0.15) is 0 Å². The predicted octanol–water partition coefficient (Wildman–Crippen LogP) is 2.49. The van der Waals surface area contributed by atoms with Gasteiger partial charge in [-0.15, -0.1) is 0 Å². The van der Waals surface area contributed by atoms with Crippen LogP contribution in [0.2, 0.25) is 0 Å². The summed E-state index contributed by atoms with van der Waals surface area (Å²) >= 11 is 1.06. The SMILES string of the molecule is CC[C@H](C)[C@H](N=C(NS(=O)(=O)c1ccc(C)cc1)SC)C(=O)O. The maximum absolute atomic E-state index is 12.4. The van der Waals surface area contributed by atoms with Crippen LogP contribution in [0.25, 0.3) is 0 Å². The van der Waals surface area contributed by atoms with E-state index in [1.165, 1.54) is 12.1 Å². The summed E-state index contributed by atoms with van der Waals surface area (Å²) < 4.78 is 27.1. The van der Waals surface area contributed by atoms with Gasteiger partial charge >= 0.3 is 5.97 Å². The van der Waals surface area contributed by atoms with Gasteiger partial charge in [0, 0.05) is 0 Å². The number of nitrogens with one attached hydrogen (secondary N) is 1. The number of rotatable bonds is 6. The maximum Gasteiger partial charge on any atom is 0.328 e. The van der Waals surface area contributed by atoms with Crippen molar-refractivity contribution in [2.75, 3.05) is 6.26 Å². The third-order valence-electron chi connectivity index (χ3n) is 3.44. The highest BCUT2D eigenvalue weighted by Crippen LogP contribution is 2.15. The standard InChI is InChI=1S/C15H22N2O4S2/c1-5-11(3)13(14(18)19)16-15(22-4)17-23(20,21)12-8-6-10(2)7-9-12/h6-9,11,13H,5H2,1-4H3,(H,16,17)(H,18,19)/t11-,13-/m0/s1. The molecule has 8 heteroatoms. The summed E-state index contributed by atoms with van der Waals surface area (Å²) in [6, 6.07) is 5.41. The van der Waals surface area contributed by atoms with Crippen molar-refractivity contribution in [3.05, 3.63) is 29.8 Å². The van der Waals surface area contributed by atoms with Crippen LogP contribution in [0.4, 0.5) is 0 Å². The van der Waals surface area contributed by atoms with Gasteiger partial charge in [0.25, 0.3) is 10.0 Å². The lowest BCUT2D eigenvalue weighted by molar-refractivity contribution is -0.139. The number of carboxylic acids is 1. The van der Waals surface area contributed by atoms with Gasteiger partial charge in [0.2, 0.25) is 0 Å². The lowest BCUT2D eigenvalue weighted by Gasteiger charge is -2.16. The molecule has 0 amide bonds. The maximum atomic E-state index is 12.4. The van der Waals surface area contributed by atoms with Gasteiger partial charge < -0.3 is 5.11 Å². The topological polar surface area (TPSA) is 95.8 Å². The van der Waals surface area contributed by atoms with Crippen LogP contribution in [0.3, 0.4) is 0 Å². The van der Waals surface area contributed by atoms with E-state index in [0.29, 0.717) is 6.42 Å². The monoisotopic (exact) mass is 358 g/mol. The second-order valence-electron chi connectivity index (χ2n) is 5.23. The summed E-state index contributed by atoms with van der Waals surface area (Å²) in [4.78, 5) is 15.5. The van der Waals surface area contributed by atoms with Crippen LogP contribution in [-0.4, -0.2) is 37.0 Å². The Morgan fingerprint density at radius 1 is 1.35 bits per heavy atom. The summed E-state index contributed by atoms with van der Waals surface area (Å²) in [6.07, 6.45) is 2.28. The number of hydrogen-bond donors (Lipinski definition) is 2. The highest BCUT2D eigenvalue weighted by atomic mass is 32.2. The first-order chi connectivity index (χ1) is 10.7. The van der Waals surface area contributed by atoms with Gasteiger partial charge in [0.15, 0.2) is 11.2 Å². The predicted molar refractivity (Wildman–Crippen MR) is 93.3 cm³/mol. The molecule has 0 bridgehead atoms. The van der Waals surface area contributed by atoms with E-state index in [0.717, 1.165) is 17.3 Å². The highest BCUT2D eigenvalue weighted by Gasteiger charge is 2.24. The first kappa shape index (κ1) is 19.5. The number of thioether (sulfide) groups is 1. The molecule has 0 aromatic heterocycles. The molecule has 0 spiro atoms. The van der Waals surface area contributed by atoms with Crippen LogP contribution in [0, 0.1) is 12.8 Å². The summed E-state index contributed by atoms with van der Waals surface area (Å²) in [5, 5.41) is 9.34. The van der Waals surface area contributed by atoms with Crippen molar-refractivity contribution in [2.24, 2.45) is 10.9 Å². The smallest absolute Gasteiger partial charge is 0.328 e. The van der Waals surface area contributed by atoms with Gasteiger partial charge in [0.1, 0.15) is 0 Å². The van der Waals surface area contributed by atoms with E-state index < -0.39 is 22.0 Å². The van der Waals surface area contributed by atoms with E-state index in [-0.39, 0.29) is 16.0 Å². The molecule has 2 N–H and O–H groups in total. The van der Waals surface area contributed by atoms with Crippen molar-refractivity contribution in [3.8, 4) is 0 Å². The number of benzene rings is 1. The lowest BCUT2D eigenvalue weighted by atomic mass is 10.0. The fourth-order valence-electron chi connectivity index (χ4n) is 1.79. The molecule has 6 nitrogen and oxygen atoms in total. The molecule has 0 saturated carbocycles. The molecule has 1 aromatic rings. The van der Waals surface area contributed by atoms with E-state index in [4.69, 9.17) is 0 Å². The van der Waals surface area contributed by atoms with Crippen LogP contribution in [0.1, 0.15) is 25.8 Å². The van der Waals surface area contributed by atoms with Crippen molar-refractivity contribution < 1.29 is 18.3 Å². The third kappa shape index (κ3) is 5.54. The van der Waals surface area contributed by atoms with Crippen molar-refractivity contribution in [3.63, 3.8) is 0 Å². The molecule has 23 heavy (non-hydrogen) atoms. The van der Waals surface area contributed by atoms with Crippen LogP contribution >= 0.6 is 11.8 Å². The van der Waals surface area contributed by atoms with E-state index in [9.17, 15) is 18.3 Å². The Balaban J connectivity index is 3.08. The van der Waals surface area contributed by atoms with Crippen molar-refractivity contribution in [1.29, 1.82) is 0 Å². The van der Waals surface area contributed by atoms with Gasteiger partial charge in [0.05, 0.1) is 4.90 Å². The number of nitrogens with zero attached hydrogens (tertiary/aromatic N) is 1. The zero-order valence-corrected chi connectivity index (χ0v) is 15.2. The third-order valence-corrected chi connectivity index (χ3v) is 5.52. The van der Waals surface area contributed by atoms with Gasteiger partial charge in [-0.25, -0.2) is 18.2 Å². The molecule has 2 atom stereocenters. The van der Waals surface area contributed by atoms with Crippen molar-refractivity contribution in [1.82, 2.24) is 4.72 Å². The number of aliphatic imine (C=N–C) groups is 1. The number of hydrogen-bond acceptors (Lipinski definition) is 5.